The first-order chi connectivity index (χ1) is 31.5. The SMILES string of the molecule is Brc1ccc2cc(C(Cc3ccc(-c4c5ccccc5c(-c5ccc(CC(c6ccccc6)c6ccc7cc(Br)ccc7c6)cc5)c5ccccc45)cc3)c3ccccc3)ccc2c1. The van der Waals surface area contributed by atoms with Gasteiger partial charge < -0.3 is 0 Å². The van der Waals surface area contributed by atoms with Crippen molar-refractivity contribution in [2.24, 2.45) is 0 Å². The van der Waals surface area contributed by atoms with Crippen LogP contribution in [-0.4, -0.2) is 0 Å². The Hall–Kier alpha value is -6.58. The number of halogens is 2. The van der Waals surface area contributed by atoms with Crippen molar-refractivity contribution < 1.29 is 0 Å². The van der Waals surface area contributed by atoms with Gasteiger partial charge in [-0.25, -0.2) is 0 Å². The lowest BCUT2D eigenvalue weighted by Gasteiger charge is -2.21. The molecule has 11 rings (SSSR count). The van der Waals surface area contributed by atoms with Crippen molar-refractivity contribution in [3.05, 3.63) is 273 Å². The molecule has 0 saturated heterocycles. The highest BCUT2D eigenvalue weighted by Gasteiger charge is 2.20. The monoisotopic (exact) mass is 946 g/mol. The average molecular weight is 949 g/mol. The highest BCUT2D eigenvalue weighted by molar-refractivity contribution is 9.10. The fourth-order valence-electron chi connectivity index (χ4n) is 9.97. The van der Waals surface area contributed by atoms with Gasteiger partial charge in [0.1, 0.15) is 0 Å². The number of hydrogen-bond donors (Lipinski definition) is 0. The van der Waals surface area contributed by atoms with Crippen LogP contribution < -0.4 is 0 Å². The molecule has 0 N–H and O–H groups in total. The van der Waals surface area contributed by atoms with E-state index in [2.05, 4.69) is 262 Å². The summed E-state index contributed by atoms with van der Waals surface area (Å²) in [6.45, 7) is 0. The van der Waals surface area contributed by atoms with Gasteiger partial charge in [0.2, 0.25) is 0 Å². The summed E-state index contributed by atoms with van der Waals surface area (Å²) in [5.74, 6) is 0.469. The van der Waals surface area contributed by atoms with E-state index in [4.69, 9.17) is 0 Å². The third-order valence-corrected chi connectivity index (χ3v) is 14.1. The standard InChI is InChI=1S/C62H44Br2/c63-53-33-31-47-37-51(29-27-49(47)39-53)59(43-11-3-1-4-12-43)35-41-19-23-45(24-20-41)61-55-15-7-9-17-57(55)62(58-18-10-8-16-56(58)61)46-25-21-42(22-26-46)36-60(44-13-5-2-6-14-44)52-30-28-50-40-54(64)34-32-48(50)38-52/h1-34,37-40,59-60H,35-36H2. The summed E-state index contributed by atoms with van der Waals surface area (Å²) >= 11 is 7.30. The van der Waals surface area contributed by atoms with Crippen LogP contribution in [0, 0.1) is 0 Å². The summed E-state index contributed by atoms with van der Waals surface area (Å²) in [5, 5.41) is 10.1. The van der Waals surface area contributed by atoms with Gasteiger partial charge in [0, 0.05) is 20.8 Å². The third-order valence-electron chi connectivity index (χ3n) is 13.2. The lowest BCUT2D eigenvalue weighted by Crippen LogP contribution is -2.05. The maximum atomic E-state index is 3.65. The summed E-state index contributed by atoms with van der Waals surface area (Å²) in [6.07, 6.45) is 1.82. The molecule has 0 heterocycles. The van der Waals surface area contributed by atoms with Crippen LogP contribution in [0.5, 0.6) is 0 Å². The maximum absolute atomic E-state index is 3.65. The van der Waals surface area contributed by atoms with E-state index in [1.54, 1.807) is 0 Å². The lowest BCUT2D eigenvalue weighted by atomic mass is 9.83. The topological polar surface area (TPSA) is 0 Å². The van der Waals surface area contributed by atoms with Crippen molar-refractivity contribution in [3.63, 3.8) is 0 Å². The van der Waals surface area contributed by atoms with Crippen molar-refractivity contribution in [2.75, 3.05) is 0 Å². The summed E-state index contributed by atoms with van der Waals surface area (Å²) in [4.78, 5) is 0. The van der Waals surface area contributed by atoms with Crippen LogP contribution >= 0.6 is 31.9 Å². The first-order valence-corrected chi connectivity index (χ1v) is 23.7. The van der Waals surface area contributed by atoms with E-state index < -0.39 is 0 Å². The zero-order valence-electron chi connectivity index (χ0n) is 35.3. The Kier molecular flexibility index (Phi) is 11.0. The second kappa shape index (κ2) is 17.5. The molecule has 0 aromatic heterocycles. The molecule has 0 fully saturated rings. The Morgan fingerprint density at radius 2 is 0.609 bits per heavy atom. The molecule has 2 heteroatoms. The molecule has 0 nitrogen and oxygen atoms in total. The van der Waals surface area contributed by atoms with Gasteiger partial charge >= 0.3 is 0 Å². The van der Waals surface area contributed by atoms with Crippen LogP contribution in [0.15, 0.2) is 239 Å². The molecule has 0 bridgehead atoms. The van der Waals surface area contributed by atoms with Gasteiger partial charge in [-0.1, -0.05) is 238 Å². The van der Waals surface area contributed by atoms with Gasteiger partial charge in [-0.05, 0) is 136 Å². The quantitative estimate of drug-likeness (QED) is 0.120. The van der Waals surface area contributed by atoms with Gasteiger partial charge in [0.15, 0.2) is 0 Å². The molecule has 0 saturated carbocycles. The molecule has 0 amide bonds. The molecule has 2 unspecified atom stereocenters. The Balaban J connectivity index is 0.934. The molecule has 306 valence electrons. The molecular weight excluding hydrogens is 904 g/mol. The van der Waals surface area contributed by atoms with E-state index in [0.29, 0.717) is 0 Å². The van der Waals surface area contributed by atoms with Crippen molar-refractivity contribution >= 4 is 74.9 Å². The fraction of sp³-hybridized carbons (Fsp3) is 0.0645. The zero-order valence-corrected chi connectivity index (χ0v) is 38.4. The van der Waals surface area contributed by atoms with Crippen LogP contribution in [0.2, 0.25) is 0 Å². The molecule has 0 aliphatic rings. The van der Waals surface area contributed by atoms with E-state index in [0.717, 1.165) is 21.8 Å². The summed E-state index contributed by atoms with van der Waals surface area (Å²) in [7, 11) is 0. The highest BCUT2D eigenvalue weighted by Crippen LogP contribution is 2.44. The van der Waals surface area contributed by atoms with Gasteiger partial charge in [0.25, 0.3) is 0 Å². The van der Waals surface area contributed by atoms with Crippen LogP contribution in [0.3, 0.4) is 0 Å². The van der Waals surface area contributed by atoms with Crippen LogP contribution in [-0.2, 0) is 12.8 Å². The first-order valence-electron chi connectivity index (χ1n) is 22.1. The van der Waals surface area contributed by atoms with Crippen LogP contribution in [0.1, 0.15) is 45.2 Å². The molecule has 11 aromatic rings. The van der Waals surface area contributed by atoms with E-state index in [9.17, 15) is 0 Å². The molecule has 2 atom stereocenters. The largest absolute Gasteiger partial charge is 0.0622 e. The lowest BCUT2D eigenvalue weighted by molar-refractivity contribution is 0.806. The molecule has 0 aliphatic heterocycles. The molecule has 0 spiro atoms. The Morgan fingerprint density at radius 3 is 0.984 bits per heavy atom. The van der Waals surface area contributed by atoms with Crippen molar-refractivity contribution in [3.8, 4) is 22.3 Å². The van der Waals surface area contributed by atoms with Gasteiger partial charge in [-0.3, -0.25) is 0 Å². The number of rotatable bonds is 10. The van der Waals surface area contributed by atoms with Gasteiger partial charge in [0.05, 0.1) is 0 Å². The minimum atomic E-state index is 0.234. The van der Waals surface area contributed by atoms with Crippen LogP contribution in [0.25, 0.3) is 65.3 Å². The van der Waals surface area contributed by atoms with E-state index in [1.165, 1.54) is 98.7 Å². The zero-order chi connectivity index (χ0) is 43.0. The van der Waals surface area contributed by atoms with E-state index >= 15 is 0 Å². The predicted octanol–water partition coefficient (Wildman–Crippen LogP) is 17.9. The Bertz CT molecular complexity index is 3160. The molecular formula is C62H44Br2. The minimum Gasteiger partial charge on any atom is -0.0622 e. The second-order valence-corrected chi connectivity index (χ2v) is 18.9. The third kappa shape index (κ3) is 7.98. The van der Waals surface area contributed by atoms with E-state index in [-0.39, 0.29) is 11.8 Å². The van der Waals surface area contributed by atoms with E-state index in [1.807, 2.05) is 0 Å². The first kappa shape index (κ1) is 40.2. The second-order valence-electron chi connectivity index (χ2n) is 17.1. The number of hydrogen-bond acceptors (Lipinski definition) is 0. The Morgan fingerprint density at radius 1 is 0.281 bits per heavy atom. The average Bonchev–Trinajstić information content (AvgIpc) is 3.35. The predicted molar refractivity (Wildman–Crippen MR) is 280 cm³/mol. The van der Waals surface area contributed by atoms with Crippen molar-refractivity contribution in [1.82, 2.24) is 0 Å². The van der Waals surface area contributed by atoms with Crippen LogP contribution in [0.4, 0.5) is 0 Å². The van der Waals surface area contributed by atoms with Crippen molar-refractivity contribution in [1.29, 1.82) is 0 Å². The number of fused-ring (bicyclic) bond motifs is 4. The molecule has 0 aliphatic carbocycles. The molecule has 64 heavy (non-hydrogen) atoms. The fourth-order valence-corrected chi connectivity index (χ4v) is 10.7. The summed E-state index contributed by atoms with van der Waals surface area (Å²) in [6, 6.07) is 85.6. The van der Waals surface area contributed by atoms with Gasteiger partial charge in [-0.15, -0.1) is 0 Å². The highest BCUT2D eigenvalue weighted by atomic mass is 79.9. The minimum absolute atomic E-state index is 0.234. The molecule has 0 radical (unpaired) electrons. The van der Waals surface area contributed by atoms with Crippen molar-refractivity contribution in [2.45, 2.75) is 24.7 Å². The molecule has 11 aromatic carbocycles. The summed E-state index contributed by atoms with van der Waals surface area (Å²) in [5.41, 5.74) is 13.0. The maximum Gasteiger partial charge on any atom is 0.0181 e. The Labute approximate surface area is 392 Å². The summed E-state index contributed by atoms with van der Waals surface area (Å²) < 4.78 is 2.21. The normalized spacial score (nSPS) is 12.5. The number of benzene rings is 11. The smallest absolute Gasteiger partial charge is 0.0181 e. The van der Waals surface area contributed by atoms with Gasteiger partial charge in [-0.2, -0.15) is 0 Å².